The van der Waals surface area contributed by atoms with E-state index in [4.69, 9.17) is 10.5 Å². The van der Waals surface area contributed by atoms with E-state index in [9.17, 15) is 20.6 Å². The molecule has 0 saturated carbocycles. The van der Waals surface area contributed by atoms with Crippen LogP contribution in [0.4, 0.5) is 0 Å². The Bertz CT molecular complexity index is 1020. The first-order valence-electron chi connectivity index (χ1n) is 9.81. The summed E-state index contributed by atoms with van der Waals surface area (Å²) in [5, 5.41) is 30.0. The second kappa shape index (κ2) is 8.41. The Balaban J connectivity index is 2.21. The molecule has 2 N–H and O–H groups in total. The number of fused-ring (bicyclic) bond motifs is 1. The van der Waals surface area contributed by atoms with E-state index in [1.54, 1.807) is 24.3 Å². The first-order valence-corrected chi connectivity index (χ1v) is 9.81. The lowest BCUT2D eigenvalue weighted by Gasteiger charge is -2.45. The number of benzene rings is 1. The topological polar surface area (TPSA) is 127 Å². The predicted octanol–water partition coefficient (Wildman–Crippen LogP) is 2.61. The fraction of sp³-hybridized carbons (Fsp3) is 0.391. The molecular formula is C23H23N5O2. The quantitative estimate of drug-likeness (QED) is 0.768. The summed E-state index contributed by atoms with van der Waals surface area (Å²) in [5.74, 6) is -1.27. The van der Waals surface area contributed by atoms with Gasteiger partial charge in [-0.1, -0.05) is 25.1 Å². The van der Waals surface area contributed by atoms with E-state index in [0.717, 1.165) is 24.1 Å². The van der Waals surface area contributed by atoms with Crippen LogP contribution in [0.25, 0.3) is 0 Å². The van der Waals surface area contributed by atoms with Crippen LogP contribution < -0.4 is 5.73 Å². The summed E-state index contributed by atoms with van der Waals surface area (Å²) in [5.41, 5.74) is 6.77. The Labute approximate surface area is 176 Å². The summed E-state index contributed by atoms with van der Waals surface area (Å²) in [7, 11) is 1.31. The number of nitriles is 3. The molecule has 1 aliphatic heterocycles. The minimum atomic E-state index is -1.67. The molecule has 1 aromatic carbocycles. The number of ether oxygens (including phenoxy) is 1. The third kappa shape index (κ3) is 3.22. The first kappa shape index (κ1) is 21.1. The number of nitrogens with two attached hydrogens (primary N) is 1. The molecule has 1 aromatic rings. The molecule has 0 fully saturated rings. The van der Waals surface area contributed by atoms with Gasteiger partial charge in [0.25, 0.3) is 0 Å². The Morgan fingerprint density at radius 3 is 2.47 bits per heavy atom. The lowest BCUT2D eigenvalue weighted by atomic mass is 9.58. The van der Waals surface area contributed by atoms with E-state index < -0.39 is 17.3 Å². The van der Waals surface area contributed by atoms with Gasteiger partial charge in [0.15, 0.2) is 5.41 Å². The zero-order valence-corrected chi connectivity index (χ0v) is 17.1. The van der Waals surface area contributed by atoms with E-state index in [1.807, 2.05) is 6.08 Å². The number of nitrogens with zero attached hydrogens (tertiary/aromatic N) is 4. The van der Waals surface area contributed by atoms with Gasteiger partial charge in [-0.2, -0.15) is 15.8 Å². The van der Waals surface area contributed by atoms with Gasteiger partial charge in [-0.05, 0) is 36.2 Å². The van der Waals surface area contributed by atoms with Gasteiger partial charge >= 0.3 is 5.97 Å². The third-order valence-corrected chi connectivity index (χ3v) is 5.97. The molecule has 2 atom stereocenters. The number of allylic oxidation sites excluding steroid dienone is 2. The summed E-state index contributed by atoms with van der Waals surface area (Å²) in [6.07, 6.45) is 2.96. The zero-order valence-electron chi connectivity index (χ0n) is 17.1. The van der Waals surface area contributed by atoms with E-state index in [-0.39, 0.29) is 17.2 Å². The molecule has 152 valence electrons. The molecule has 0 aromatic heterocycles. The van der Waals surface area contributed by atoms with Crippen molar-refractivity contribution in [2.75, 3.05) is 26.7 Å². The molecule has 0 radical (unpaired) electrons. The summed E-state index contributed by atoms with van der Waals surface area (Å²) in [4.78, 5) is 14.1. The Kier molecular flexibility index (Phi) is 5.92. The van der Waals surface area contributed by atoms with Crippen LogP contribution in [0.15, 0.2) is 47.2 Å². The average Bonchev–Trinajstić information content (AvgIpc) is 2.78. The molecule has 0 unspecified atom stereocenters. The highest BCUT2D eigenvalue weighted by Gasteiger charge is 2.54. The number of rotatable bonds is 4. The molecule has 7 nitrogen and oxygen atoms in total. The van der Waals surface area contributed by atoms with Gasteiger partial charge in [-0.25, -0.2) is 4.79 Å². The highest BCUT2D eigenvalue weighted by molar-refractivity contribution is 5.89. The van der Waals surface area contributed by atoms with Gasteiger partial charge in [0, 0.05) is 24.9 Å². The molecule has 1 aliphatic carbocycles. The summed E-state index contributed by atoms with van der Waals surface area (Å²) in [6.45, 7) is 4.28. The second-order valence-corrected chi connectivity index (χ2v) is 7.55. The van der Waals surface area contributed by atoms with Crippen LogP contribution in [-0.4, -0.2) is 37.6 Å². The number of carbonyl (C=O) groups is 1. The Morgan fingerprint density at radius 2 is 1.93 bits per heavy atom. The molecular weight excluding hydrogens is 378 g/mol. The fourth-order valence-electron chi connectivity index (χ4n) is 4.56. The maximum Gasteiger partial charge on any atom is 0.337 e. The number of methoxy groups -OCH3 is 1. The van der Waals surface area contributed by atoms with Gasteiger partial charge < -0.3 is 10.5 Å². The Morgan fingerprint density at radius 1 is 1.27 bits per heavy atom. The fourth-order valence-corrected chi connectivity index (χ4v) is 4.56. The van der Waals surface area contributed by atoms with Crippen LogP contribution in [0.2, 0.25) is 0 Å². The van der Waals surface area contributed by atoms with Crippen molar-refractivity contribution in [3.05, 3.63) is 58.3 Å². The van der Waals surface area contributed by atoms with Gasteiger partial charge in [-0.3, -0.25) is 4.90 Å². The predicted molar refractivity (Wildman–Crippen MR) is 109 cm³/mol. The van der Waals surface area contributed by atoms with E-state index >= 15 is 0 Å². The van der Waals surface area contributed by atoms with Gasteiger partial charge in [0.2, 0.25) is 0 Å². The van der Waals surface area contributed by atoms with Crippen LogP contribution in [0, 0.1) is 45.3 Å². The Hall–Kier alpha value is -3.60. The minimum absolute atomic E-state index is 0.00323. The van der Waals surface area contributed by atoms with Crippen molar-refractivity contribution in [2.24, 2.45) is 17.1 Å². The van der Waals surface area contributed by atoms with Crippen LogP contribution in [0.1, 0.15) is 35.2 Å². The molecule has 1 heterocycles. The van der Waals surface area contributed by atoms with Crippen molar-refractivity contribution in [1.82, 2.24) is 4.90 Å². The van der Waals surface area contributed by atoms with Crippen molar-refractivity contribution in [2.45, 2.75) is 19.3 Å². The van der Waals surface area contributed by atoms with Crippen molar-refractivity contribution in [1.29, 1.82) is 15.8 Å². The maximum atomic E-state index is 11.8. The SMILES string of the molecule is CCCN1CC=C2C(C#N)=C(N)C(C#N)(C#N)[C@@H](c3ccc(C(=O)OC)cc3)[C@H]2C1. The van der Waals surface area contributed by atoms with E-state index in [1.165, 1.54) is 7.11 Å². The van der Waals surface area contributed by atoms with Crippen molar-refractivity contribution < 1.29 is 9.53 Å². The van der Waals surface area contributed by atoms with Crippen LogP contribution in [0.3, 0.4) is 0 Å². The highest BCUT2D eigenvalue weighted by Crippen LogP contribution is 2.54. The summed E-state index contributed by atoms with van der Waals surface area (Å²) >= 11 is 0. The standard InChI is InChI=1S/C23H23N5O2/c1-3-9-28-10-8-17-18(11-24)21(27)23(13-25,14-26)20(19(17)12-28)15-4-6-16(7-5-15)22(29)30-2/h4-8,19-20H,3,9-10,12,27H2,1-2H3/t19-,20-/m0/s1. The monoisotopic (exact) mass is 401 g/mol. The van der Waals surface area contributed by atoms with Crippen molar-refractivity contribution in [3.8, 4) is 18.2 Å². The van der Waals surface area contributed by atoms with Crippen LogP contribution >= 0.6 is 0 Å². The highest BCUT2D eigenvalue weighted by atomic mass is 16.5. The lowest BCUT2D eigenvalue weighted by Crippen LogP contribution is -2.48. The van der Waals surface area contributed by atoms with Gasteiger partial charge in [0.05, 0.1) is 36.1 Å². The molecule has 0 saturated heterocycles. The zero-order chi connectivity index (χ0) is 21.9. The number of hydrogen-bond acceptors (Lipinski definition) is 7. The maximum absolute atomic E-state index is 11.8. The van der Waals surface area contributed by atoms with Gasteiger partial charge in [0.1, 0.15) is 6.07 Å². The normalized spacial score (nSPS) is 22.7. The number of carbonyl (C=O) groups excluding carboxylic acids is 1. The van der Waals surface area contributed by atoms with Crippen molar-refractivity contribution >= 4 is 5.97 Å². The first-order chi connectivity index (χ1) is 14.5. The number of esters is 1. The second-order valence-electron chi connectivity index (χ2n) is 7.55. The minimum Gasteiger partial charge on any atom is -0.465 e. The van der Waals surface area contributed by atoms with Crippen LogP contribution in [-0.2, 0) is 4.74 Å². The van der Waals surface area contributed by atoms with E-state index in [0.29, 0.717) is 18.7 Å². The molecule has 2 aliphatic rings. The van der Waals surface area contributed by atoms with E-state index in [2.05, 4.69) is 30.0 Å². The summed E-state index contributed by atoms with van der Waals surface area (Å²) in [6, 6.07) is 13.1. The molecule has 30 heavy (non-hydrogen) atoms. The molecule has 7 heteroatoms. The summed E-state index contributed by atoms with van der Waals surface area (Å²) < 4.78 is 4.75. The lowest BCUT2D eigenvalue weighted by molar-refractivity contribution is 0.0600. The number of hydrogen-bond donors (Lipinski definition) is 1. The van der Waals surface area contributed by atoms with Crippen LogP contribution in [0.5, 0.6) is 0 Å². The van der Waals surface area contributed by atoms with Gasteiger partial charge in [-0.15, -0.1) is 0 Å². The third-order valence-electron chi connectivity index (χ3n) is 5.97. The smallest absolute Gasteiger partial charge is 0.337 e. The molecule has 0 bridgehead atoms. The average molecular weight is 401 g/mol. The molecule has 3 rings (SSSR count). The largest absolute Gasteiger partial charge is 0.465 e. The van der Waals surface area contributed by atoms with Crippen molar-refractivity contribution in [3.63, 3.8) is 0 Å². The molecule has 0 spiro atoms. The molecule has 0 amide bonds.